The van der Waals surface area contributed by atoms with E-state index in [0.29, 0.717) is 13.1 Å². The molecule has 0 saturated carbocycles. The molecule has 0 spiro atoms. The molecule has 2 aliphatic rings. The van der Waals surface area contributed by atoms with Crippen molar-refractivity contribution in [2.75, 3.05) is 63.1 Å². The molecular weight excluding hydrogens is 388 g/mol. The number of piperazine rings is 1. The summed E-state index contributed by atoms with van der Waals surface area (Å²) in [6.07, 6.45) is 1.81. The zero-order chi connectivity index (χ0) is 20.2. The largest absolute Gasteiger partial charge is 0.376 e. The number of carbonyl (C=O) groups excluding carboxylic acids is 1. The van der Waals surface area contributed by atoms with Crippen LogP contribution in [0.2, 0.25) is 0 Å². The summed E-state index contributed by atoms with van der Waals surface area (Å²) >= 11 is 1.78. The molecule has 2 aliphatic heterocycles. The molecule has 9 heteroatoms. The van der Waals surface area contributed by atoms with E-state index in [1.807, 2.05) is 18.0 Å². The van der Waals surface area contributed by atoms with Crippen LogP contribution in [0.15, 0.2) is 29.9 Å². The van der Waals surface area contributed by atoms with Crippen LogP contribution in [0.5, 0.6) is 0 Å². The standard InChI is InChI=1S/C20H28N6O2S/c1-15-12-25(7-8-28-15)16(17-4-3-9-29-17)11-21-18-10-19(23-14-22-18)26-6-5-24(2)20(27)13-26/h3-4,9-10,14-16H,5-8,11-13H2,1-2H3,(H,21,22,23). The first kappa shape index (κ1) is 20.1. The minimum absolute atomic E-state index is 0.114. The summed E-state index contributed by atoms with van der Waals surface area (Å²) in [5, 5.41) is 5.62. The number of aromatic nitrogens is 2. The predicted molar refractivity (Wildman–Crippen MR) is 114 cm³/mol. The maximum atomic E-state index is 12.0. The average molecular weight is 417 g/mol. The molecule has 0 aromatic carbocycles. The van der Waals surface area contributed by atoms with Gasteiger partial charge in [-0.3, -0.25) is 9.69 Å². The van der Waals surface area contributed by atoms with Gasteiger partial charge in [0.1, 0.15) is 18.0 Å². The van der Waals surface area contributed by atoms with Gasteiger partial charge in [-0.05, 0) is 18.4 Å². The van der Waals surface area contributed by atoms with Gasteiger partial charge in [-0.15, -0.1) is 11.3 Å². The van der Waals surface area contributed by atoms with Gasteiger partial charge in [0.25, 0.3) is 0 Å². The van der Waals surface area contributed by atoms with Crippen LogP contribution in [-0.4, -0.2) is 84.7 Å². The number of rotatable bonds is 6. The fourth-order valence-corrected chi connectivity index (χ4v) is 4.65. The van der Waals surface area contributed by atoms with Crippen molar-refractivity contribution in [2.24, 2.45) is 0 Å². The van der Waals surface area contributed by atoms with Crippen molar-refractivity contribution in [1.82, 2.24) is 19.8 Å². The molecule has 4 heterocycles. The molecule has 2 aromatic rings. The van der Waals surface area contributed by atoms with Gasteiger partial charge in [0.05, 0.1) is 25.3 Å². The van der Waals surface area contributed by atoms with Gasteiger partial charge < -0.3 is 19.9 Å². The van der Waals surface area contributed by atoms with Gasteiger partial charge in [-0.25, -0.2) is 9.97 Å². The Morgan fingerprint density at radius 3 is 3.00 bits per heavy atom. The van der Waals surface area contributed by atoms with E-state index in [9.17, 15) is 4.79 Å². The van der Waals surface area contributed by atoms with Gasteiger partial charge >= 0.3 is 0 Å². The summed E-state index contributed by atoms with van der Waals surface area (Å²) < 4.78 is 5.72. The van der Waals surface area contributed by atoms with Crippen LogP contribution < -0.4 is 10.2 Å². The zero-order valence-electron chi connectivity index (χ0n) is 17.0. The molecule has 2 unspecified atom stereocenters. The number of morpholine rings is 1. The van der Waals surface area contributed by atoms with Gasteiger partial charge in [0.15, 0.2) is 0 Å². The quantitative estimate of drug-likeness (QED) is 0.768. The van der Waals surface area contributed by atoms with Crippen molar-refractivity contribution in [3.8, 4) is 0 Å². The van der Waals surface area contributed by atoms with E-state index < -0.39 is 0 Å². The number of thiophene rings is 1. The van der Waals surface area contributed by atoms with Crippen LogP contribution in [0.1, 0.15) is 17.8 Å². The first-order chi connectivity index (χ1) is 14.1. The average Bonchev–Trinajstić information content (AvgIpc) is 3.25. The Morgan fingerprint density at radius 1 is 1.34 bits per heavy atom. The maximum absolute atomic E-state index is 12.0. The van der Waals surface area contributed by atoms with E-state index in [1.165, 1.54) is 4.88 Å². The Kier molecular flexibility index (Phi) is 6.27. The molecule has 29 heavy (non-hydrogen) atoms. The van der Waals surface area contributed by atoms with Gasteiger partial charge in [-0.2, -0.15) is 0 Å². The molecule has 1 amide bonds. The van der Waals surface area contributed by atoms with Gasteiger partial charge in [0, 0.05) is 50.7 Å². The molecule has 0 bridgehead atoms. The highest BCUT2D eigenvalue weighted by Gasteiger charge is 2.27. The van der Waals surface area contributed by atoms with Crippen molar-refractivity contribution in [3.63, 3.8) is 0 Å². The van der Waals surface area contributed by atoms with E-state index in [2.05, 4.69) is 44.6 Å². The predicted octanol–water partition coefficient (Wildman–Crippen LogP) is 1.69. The lowest BCUT2D eigenvalue weighted by atomic mass is 10.1. The minimum Gasteiger partial charge on any atom is -0.376 e. The third-order valence-corrected chi connectivity index (χ3v) is 6.47. The van der Waals surface area contributed by atoms with E-state index in [1.54, 1.807) is 22.6 Å². The van der Waals surface area contributed by atoms with E-state index in [4.69, 9.17) is 4.74 Å². The summed E-state index contributed by atoms with van der Waals surface area (Å²) in [7, 11) is 1.84. The van der Waals surface area contributed by atoms with Crippen molar-refractivity contribution in [1.29, 1.82) is 0 Å². The Hall–Kier alpha value is -2.23. The number of nitrogens with one attached hydrogen (secondary N) is 1. The van der Waals surface area contributed by atoms with Crippen LogP contribution in [0.4, 0.5) is 11.6 Å². The lowest BCUT2D eigenvalue weighted by Gasteiger charge is -2.37. The van der Waals surface area contributed by atoms with E-state index in [0.717, 1.165) is 44.4 Å². The third kappa shape index (κ3) is 4.85. The molecular formula is C20H28N6O2S. The molecule has 156 valence electrons. The van der Waals surface area contributed by atoms with Crippen molar-refractivity contribution < 1.29 is 9.53 Å². The SMILES string of the molecule is CC1CN(C(CNc2cc(N3CCN(C)C(=O)C3)ncn2)c2cccs2)CCO1. The molecule has 0 radical (unpaired) electrons. The van der Waals surface area contributed by atoms with Crippen molar-refractivity contribution >= 4 is 28.9 Å². The highest BCUT2D eigenvalue weighted by Crippen LogP contribution is 2.27. The number of hydrogen-bond acceptors (Lipinski definition) is 8. The Bertz CT molecular complexity index is 817. The fourth-order valence-electron chi connectivity index (χ4n) is 3.79. The van der Waals surface area contributed by atoms with E-state index in [-0.39, 0.29) is 18.1 Å². The maximum Gasteiger partial charge on any atom is 0.241 e. The number of anilines is 2. The molecule has 2 fully saturated rings. The molecule has 1 N–H and O–H groups in total. The summed E-state index contributed by atoms with van der Waals surface area (Å²) in [5.41, 5.74) is 0. The molecule has 2 saturated heterocycles. The first-order valence-electron chi connectivity index (χ1n) is 10.0. The first-order valence-corrected chi connectivity index (χ1v) is 10.9. The van der Waals surface area contributed by atoms with Crippen molar-refractivity contribution in [2.45, 2.75) is 19.1 Å². The number of ether oxygens (including phenoxy) is 1. The Morgan fingerprint density at radius 2 is 2.24 bits per heavy atom. The number of nitrogens with zero attached hydrogens (tertiary/aromatic N) is 5. The van der Waals surface area contributed by atoms with Crippen LogP contribution in [0.3, 0.4) is 0 Å². The highest BCUT2D eigenvalue weighted by molar-refractivity contribution is 7.10. The normalized spacial score (nSPS) is 22.0. The van der Waals surface area contributed by atoms with Gasteiger partial charge in [-0.1, -0.05) is 6.07 Å². The second-order valence-electron chi connectivity index (χ2n) is 7.59. The van der Waals surface area contributed by atoms with Crippen LogP contribution in [0, 0.1) is 0 Å². The molecule has 2 aromatic heterocycles. The van der Waals surface area contributed by atoms with Crippen LogP contribution in [-0.2, 0) is 9.53 Å². The fraction of sp³-hybridized carbons (Fsp3) is 0.550. The summed E-state index contributed by atoms with van der Waals surface area (Å²) in [5.74, 6) is 1.68. The lowest BCUT2D eigenvalue weighted by molar-refractivity contribution is -0.129. The lowest BCUT2D eigenvalue weighted by Crippen LogP contribution is -2.48. The smallest absolute Gasteiger partial charge is 0.241 e. The second-order valence-corrected chi connectivity index (χ2v) is 8.57. The summed E-state index contributed by atoms with van der Waals surface area (Å²) in [6, 6.07) is 6.50. The topological polar surface area (TPSA) is 73.8 Å². The van der Waals surface area contributed by atoms with Gasteiger partial charge in [0.2, 0.25) is 5.91 Å². The molecule has 8 nitrogen and oxygen atoms in total. The molecule has 0 aliphatic carbocycles. The number of amides is 1. The summed E-state index contributed by atoms with van der Waals surface area (Å²) in [4.78, 5) is 28.4. The van der Waals surface area contributed by atoms with Crippen molar-refractivity contribution in [3.05, 3.63) is 34.8 Å². The highest BCUT2D eigenvalue weighted by atomic mass is 32.1. The second kappa shape index (κ2) is 9.06. The zero-order valence-corrected chi connectivity index (χ0v) is 17.8. The minimum atomic E-state index is 0.114. The third-order valence-electron chi connectivity index (χ3n) is 5.50. The number of likely N-dealkylation sites (N-methyl/N-ethyl adjacent to an activating group) is 1. The molecule has 2 atom stereocenters. The monoisotopic (exact) mass is 416 g/mol. The van der Waals surface area contributed by atoms with Crippen LogP contribution >= 0.6 is 11.3 Å². The Labute approximate surface area is 175 Å². The number of hydrogen-bond donors (Lipinski definition) is 1. The summed E-state index contributed by atoms with van der Waals surface area (Å²) in [6.45, 7) is 7.33. The van der Waals surface area contributed by atoms with Crippen LogP contribution in [0.25, 0.3) is 0 Å². The Balaban J connectivity index is 1.44. The van der Waals surface area contributed by atoms with E-state index >= 15 is 0 Å². The number of carbonyl (C=O) groups is 1. The molecule has 4 rings (SSSR count).